The molecular weight excluding hydrogens is 484 g/mol. The van der Waals surface area contributed by atoms with Gasteiger partial charge in [-0.25, -0.2) is 4.79 Å². The fraction of sp³-hybridized carbons (Fsp3) is 0.517. The lowest BCUT2D eigenvalue weighted by molar-refractivity contribution is 0.0845. The van der Waals surface area contributed by atoms with Gasteiger partial charge in [0.15, 0.2) is 11.5 Å². The van der Waals surface area contributed by atoms with Gasteiger partial charge in [0.25, 0.3) is 5.91 Å². The minimum atomic E-state index is -0.222. The first kappa shape index (κ1) is 29.1. The Balaban J connectivity index is 1.69. The van der Waals surface area contributed by atoms with Crippen LogP contribution in [0, 0.1) is 5.92 Å². The van der Waals surface area contributed by atoms with Crippen molar-refractivity contribution in [1.29, 1.82) is 0 Å². The monoisotopic (exact) mass is 526 g/mol. The number of ether oxygens (including phenoxy) is 3. The minimum absolute atomic E-state index is 0.0415. The Morgan fingerprint density at radius 3 is 2.32 bits per heavy atom. The number of urea groups is 1. The molecule has 1 saturated heterocycles. The van der Waals surface area contributed by atoms with E-state index in [1.165, 1.54) is 26.9 Å². The lowest BCUT2D eigenvalue weighted by Crippen LogP contribution is -2.54. The van der Waals surface area contributed by atoms with Gasteiger partial charge < -0.3 is 30.2 Å². The molecule has 9 nitrogen and oxygen atoms in total. The molecule has 1 fully saturated rings. The third-order valence-corrected chi connectivity index (χ3v) is 6.90. The molecule has 2 aromatic rings. The summed E-state index contributed by atoms with van der Waals surface area (Å²) in [4.78, 5) is 28.1. The third kappa shape index (κ3) is 8.28. The van der Waals surface area contributed by atoms with E-state index in [-0.39, 0.29) is 23.9 Å². The summed E-state index contributed by atoms with van der Waals surface area (Å²) in [5.41, 5.74) is 1.67. The van der Waals surface area contributed by atoms with Crippen molar-refractivity contribution in [3.63, 3.8) is 0 Å². The summed E-state index contributed by atoms with van der Waals surface area (Å²) >= 11 is 0. The molecular formula is C29H42N4O5. The maximum absolute atomic E-state index is 13.3. The second-order valence-electron chi connectivity index (χ2n) is 9.61. The fourth-order valence-electron chi connectivity index (χ4n) is 4.82. The van der Waals surface area contributed by atoms with Gasteiger partial charge in [-0.15, -0.1) is 0 Å². The molecule has 3 rings (SSSR count). The van der Waals surface area contributed by atoms with Crippen LogP contribution in [0.25, 0.3) is 0 Å². The van der Waals surface area contributed by atoms with Crippen LogP contribution in [-0.2, 0) is 6.54 Å². The molecule has 1 aliphatic heterocycles. The van der Waals surface area contributed by atoms with Crippen LogP contribution < -0.4 is 30.2 Å². The average Bonchev–Trinajstić information content (AvgIpc) is 2.94. The zero-order valence-corrected chi connectivity index (χ0v) is 23.0. The molecule has 2 aromatic carbocycles. The number of amides is 3. The van der Waals surface area contributed by atoms with Crippen LogP contribution in [0.1, 0.15) is 48.5 Å². The molecule has 0 radical (unpaired) electrons. The molecule has 3 N–H and O–H groups in total. The summed E-state index contributed by atoms with van der Waals surface area (Å²) in [7, 11) is 4.58. The first-order chi connectivity index (χ1) is 18.5. The maximum Gasteiger partial charge on any atom is 0.314 e. The number of likely N-dealkylation sites (tertiary alicyclic amines) is 1. The highest BCUT2D eigenvalue weighted by Gasteiger charge is 2.31. The number of nitrogens with one attached hydrogen (secondary N) is 3. The number of benzene rings is 2. The van der Waals surface area contributed by atoms with Gasteiger partial charge in [-0.3, -0.25) is 9.69 Å². The second kappa shape index (κ2) is 15.1. The number of hydrogen-bond acceptors (Lipinski definition) is 6. The molecule has 3 amide bonds. The number of nitrogens with zero attached hydrogens (tertiary/aromatic N) is 1. The summed E-state index contributed by atoms with van der Waals surface area (Å²) in [6.45, 7) is 5.68. The molecule has 0 aromatic heterocycles. The van der Waals surface area contributed by atoms with Crippen LogP contribution in [-0.4, -0.2) is 70.4 Å². The van der Waals surface area contributed by atoms with E-state index < -0.39 is 0 Å². The number of methoxy groups -OCH3 is 3. The quantitative estimate of drug-likeness (QED) is 0.343. The van der Waals surface area contributed by atoms with Gasteiger partial charge in [0.2, 0.25) is 5.75 Å². The van der Waals surface area contributed by atoms with Crippen molar-refractivity contribution in [2.45, 2.75) is 45.2 Å². The molecule has 2 atom stereocenters. The van der Waals surface area contributed by atoms with Crippen molar-refractivity contribution in [3.05, 3.63) is 53.6 Å². The summed E-state index contributed by atoms with van der Waals surface area (Å²) in [6.07, 6.45) is 3.93. The van der Waals surface area contributed by atoms with E-state index in [1.807, 2.05) is 18.2 Å². The highest BCUT2D eigenvalue weighted by molar-refractivity contribution is 5.95. The zero-order chi connectivity index (χ0) is 27.3. The van der Waals surface area contributed by atoms with Crippen molar-refractivity contribution in [2.24, 2.45) is 5.92 Å². The Hall–Kier alpha value is -3.46. The summed E-state index contributed by atoms with van der Waals surface area (Å²) in [6, 6.07) is 13.4. The number of hydrogen-bond donors (Lipinski definition) is 3. The van der Waals surface area contributed by atoms with Gasteiger partial charge in [0, 0.05) is 50.2 Å². The molecule has 9 heteroatoms. The van der Waals surface area contributed by atoms with Crippen molar-refractivity contribution in [3.8, 4) is 17.2 Å². The first-order valence-electron chi connectivity index (χ1n) is 13.4. The Bertz CT molecular complexity index is 1010. The predicted octanol–water partition coefficient (Wildman–Crippen LogP) is 3.82. The highest BCUT2D eigenvalue weighted by Crippen LogP contribution is 2.38. The fourth-order valence-corrected chi connectivity index (χ4v) is 4.82. The van der Waals surface area contributed by atoms with Crippen molar-refractivity contribution in [1.82, 2.24) is 20.9 Å². The number of carbonyl (C=O) groups excluding carboxylic acids is 2. The summed E-state index contributed by atoms with van der Waals surface area (Å²) < 4.78 is 16.2. The lowest BCUT2D eigenvalue weighted by atomic mass is 9.91. The highest BCUT2D eigenvalue weighted by atomic mass is 16.5. The van der Waals surface area contributed by atoms with Crippen LogP contribution in [0.15, 0.2) is 42.5 Å². The van der Waals surface area contributed by atoms with Crippen molar-refractivity contribution < 1.29 is 23.8 Å². The van der Waals surface area contributed by atoms with Gasteiger partial charge in [0.1, 0.15) is 0 Å². The van der Waals surface area contributed by atoms with E-state index in [0.29, 0.717) is 35.9 Å². The number of piperidine rings is 1. The average molecular weight is 527 g/mol. The molecule has 0 unspecified atom stereocenters. The van der Waals surface area contributed by atoms with Crippen LogP contribution >= 0.6 is 0 Å². The Morgan fingerprint density at radius 2 is 1.68 bits per heavy atom. The lowest BCUT2D eigenvalue weighted by Gasteiger charge is -2.39. The maximum atomic E-state index is 13.3. The Labute approximate surface area is 226 Å². The van der Waals surface area contributed by atoms with E-state index in [2.05, 4.69) is 39.9 Å². The van der Waals surface area contributed by atoms with E-state index in [9.17, 15) is 9.59 Å². The van der Waals surface area contributed by atoms with Gasteiger partial charge in [-0.1, -0.05) is 50.1 Å². The Morgan fingerprint density at radius 1 is 0.974 bits per heavy atom. The minimum Gasteiger partial charge on any atom is -0.493 e. The van der Waals surface area contributed by atoms with Crippen LogP contribution in [0.4, 0.5) is 4.79 Å². The molecule has 0 bridgehead atoms. The first-order valence-corrected chi connectivity index (χ1v) is 13.4. The molecule has 0 aliphatic carbocycles. The number of unbranched alkanes of at least 4 members (excludes halogenated alkanes) is 2. The van der Waals surface area contributed by atoms with E-state index in [0.717, 1.165) is 45.3 Å². The molecule has 1 aliphatic rings. The molecule has 38 heavy (non-hydrogen) atoms. The van der Waals surface area contributed by atoms with Gasteiger partial charge in [0.05, 0.1) is 21.3 Å². The predicted molar refractivity (Wildman–Crippen MR) is 148 cm³/mol. The third-order valence-electron chi connectivity index (χ3n) is 6.90. The normalized spacial score (nSPS) is 17.4. The topological polar surface area (TPSA) is 101 Å². The van der Waals surface area contributed by atoms with Gasteiger partial charge in [-0.2, -0.15) is 0 Å². The largest absolute Gasteiger partial charge is 0.493 e. The second-order valence-corrected chi connectivity index (χ2v) is 9.61. The molecule has 1 heterocycles. The zero-order valence-electron chi connectivity index (χ0n) is 23.0. The smallest absolute Gasteiger partial charge is 0.314 e. The SMILES string of the molecule is CCCCCNC(=O)NC[C@@H]1CN(Cc2ccccc2)CC[C@@H]1NC(=O)c1cc(OC)c(OC)c(OC)c1. The van der Waals surface area contributed by atoms with Crippen molar-refractivity contribution >= 4 is 11.9 Å². The van der Waals surface area contributed by atoms with Crippen LogP contribution in [0.3, 0.4) is 0 Å². The summed E-state index contributed by atoms with van der Waals surface area (Å²) in [5, 5.41) is 9.16. The summed E-state index contributed by atoms with van der Waals surface area (Å²) in [5.74, 6) is 1.10. The number of rotatable bonds is 13. The molecule has 208 valence electrons. The van der Waals surface area contributed by atoms with E-state index in [4.69, 9.17) is 14.2 Å². The van der Waals surface area contributed by atoms with Crippen molar-refractivity contribution in [2.75, 3.05) is 47.5 Å². The van der Waals surface area contributed by atoms with Gasteiger partial charge in [-0.05, 0) is 30.5 Å². The van der Waals surface area contributed by atoms with Crippen LogP contribution in [0.2, 0.25) is 0 Å². The van der Waals surface area contributed by atoms with Crippen LogP contribution in [0.5, 0.6) is 17.2 Å². The number of carbonyl (C=O) groups is 2. The van der Waals surface area contributed by atoms with Gasteiger partial charge >= 0.3 is 6.03 Å². The van der Waals surface area contributed by atoms with E-state index >= 15 is 0 Å². The molecule has 0 spiro atoms. The standard InChI is InChI=1S/C29H42N4O5/c1-5-6-10-14-30-29(35)31-18-23-20-33(19-21-11-8-7-9-12-21)15-13-24(23)32-28(34)22-16-25(36-2)27(38-4)26(17-22)37-3/h7-9,11-12,16-17,23-24H,5-6,10,13-15,18-20H2,1-4H3,(H,32,34)(H2,30,31,35)/t23-,24+/m1/s1. The molecule has 0 saturated carbocycles. The Kier molecular flexibility index (Phi) is 11.5. The van der Waals surface area contributed by atoms with E-state index in [1.54, 1.807) is 12.1 Å².